The molecule has 24 aromatic rings. The Hall–Kier alpha value is -14.0. The molecule has 0 aliphatic carbocycles. The molecule has 24 rings (SSSR count). The van der Waals surface area contributed by atoms with E-state index in [2.05, 4.69) is 364 Å². The van der Waals surface area contributed by atoms with Crippen molar-refractivity contribution in [1.82, 2.24) is 0 Å². The lowest BCUT2D eigenvalue weighted by molar-refractivity contribution is 0.670. The van der Waals surface area contributed by atoms with Gasteiger partial charge in [-0.1, -0.05) is 303 Å². The summed E-state index contributed by atoms with van der Waals surface area (Å²) in [5.74, 6) is 0. The first-order valence-corrected chi connectivity index (χ1v) is 38.4. The molecule has 0 saturated heterocycles. The zero-order valence-corrected chi connectivity index (χ0v) is 59.7. The molecule has 502 valence electrons. The smallest absolute Gasteiger partial charge is 0.143 e. The summed E-state index contributed by atoms with van der Waals surface area (Å²) in [6.45, 7) is 0. The van der Waals surface area contributed by atoms with Gasteiger partial charge in [0.1, 0.15) is 22.3 Å². The van der Waals surface area contributed by atoms with Crippen LogP contribution in [0.4, 0.5) is 0 Å². The van der Waals surface area contributed by atoms with Gasteiger partial charge in [-0.15, -0.1) is 11.3 Å². The number of thiophene rings is 1. The van der Waals surface area contributed by atoms with Gasteiger partial charge in [-0.3, -0.25) is 0 Å². The monoisotopic (exact) mass is 1400 g/mol. The summed E-state index contributed by atoms with van der Waals surface area (Å²) < 4.78 is 17.2. The van der Waals surface area contributed by atoms with Crippen LogP contribution in [0.25, 0.3) is 250 Å². The number of hydrogen-bond acceptors (Lipinski definition) is 3. The van der Waals surface area contributed by atoms with Crippen molar-refractivity contribution < 1.29 is 8.83 Å². The molecule has 21 aromatic carbocycles. The van der Waals surface area contributed by atoms with E-state index in [1.165, 1.54) is 151 Å². The molecule has 0 aliphatic rings. The van der Waals surface area contributed by atoms with E-state index in [0.717, 1.165) is 98.8 Å². The summed E-state index contributed by atoms with van der Waals surface area (Å²) in [5.41, 5.74) is 19.7. The Morgan fingerprint density at radius 3 is 1.08 bits per heavy atom. The normalized spacial score (nSPS) is 12.2. The third-order valence-electron chi connectivity index (χ3n) is 23.8. The molecule has 2 nitrogen and oxygen atoms in total. The van der Waals surface area contributed by atoms with Crippen LogP contribution in [0.1, 0.15) is 0 Å². The molecular formula is C106H60O2S. The van der Waals surface area contributed by atoms with E-state index in [9.17, 15) is 0 Å². The van der Waals surface area contributed by atoms with Crippen LogP contribution in [0.5, 0.6) is 0 Å². The van der Waals surface area contributed by atoms with Gasteiger partial charge in [0.25, 0.3) is 0 Å². The number of benzene rings is 21. The first-order chi connectivity index (χ1) is 54.1. The molecular weight excluding hydrogens is 1340 g/mol. The van der Waals surface area contributed by atoms with Gasteiger partial charge in [0.2, 0.25) is 0 Å². The predicted octanol–water partition coefficient (Wildman–Crippen LogP) is 31.1. The number of furan rings is 2. The molecule has 0 unspecified atom stereocenters. The van der Waals surface area contributed by atoms with Crippen LogP contribution in [-0.2, 0) is 0 Å². The zero-order chi connectivity index (χ0) is 71.1. The maximum Gasteiger partial charge on any atom is 0.143 e. The topological polar surface area (TPSA) is 26.3 Å². The van der Waals surface area contributed by atoms with Gasteiger partial charge in [0.15, 0.2) is 0 Å². The Morgan fingerprint density at radius 2 is 0.523 bits per heavy atom. The van der Waals surface area contributed by atoms with Crippen LogP contribution in [0.15, 0.2) is 373 Å². The molecule has 0 radical (unpaired) electrons. The van der Waals surface area contributed by atoms with Crippen LogP contribution in [0, 0.1) is 0 Å². The van der Waals surface area contributed by atoms with Crippen molar-refractivity contribution in [2.24, 2.45) is 0 Å². The molecule has 0 bridgehead atoms. The molecule has 109 heavy (non-hydrogen) atoms. The first kappa shape index (κ1) is 60.3. The van der Waals surface area contributed by atoms with Crippen molar-refractivity contribution in [1.29, 1.82) is 0 Å². The van der Waals surface area contributed by atoms with Gasteiger partial charge in [0.05, 0.1) is 0 Å². The van der Waals surface area contributed by atoms with Crippen LogP contribution >= 0.6 is 11.3 Å². The second-order valence-electron chi connectivity index (χ2n) is 29.5. The summed E-state index contributed by atoms with van der Waals surface area (Å²) in [4.78, 5) is 0. The minimum atomic E-state index is 0.839. The Morgan fingerprint density at radius 1 is 0.174 bits per heavy atom. The van der Waals surface area contributed by atoms with Crippen LogP contribution in [0.3, 0.4) is 0 Å². The maximum absolute atomic E-state index is 7.56. The number of para-hydroxylation sites is 1. The Labute approximate surface area is 629 Å². The van der Waals surface area contributed by atoms with E-state index in [0.29, 0.717) is 0 Å². The highest BCUT2D eigenvalue weighted by Gasteiger charge is 2.27. The van der Waals surface area contributed by atoms with Gasteiger partial charge in [-0.05, 0) is 230 Å². The molecule has 0 fully saturated rings. The van der Waals surface area contributed by atoms with E-state index >= 15 is 0 Å². The lowest BCUT2D eigenvalue weighted by Gasteiger charge is -2.19. The third-order valence-corrected chi connectivity index (χ3v) is 25.0. The van der Waals surface area contributed by atoms with Crippen molar-refractivity contribution in [2.45, 2.75) is 0 Å². The maximum atomic E-state index is 7.56. The SMILES string of the molecule is c1ccc2c(-c3cccc4c(-c5cc6ccccc6c6c5sc5ccccc56)c5cccc(-c6cccc7ccc(-c8ccc9c(c8)oc8c(-c%10cccc%11c(-c%12cccc%13ccccc%12%13)c%12cccc(-c%13cc%14ccccc%14c%14c%13oc%13ccccc%13%14)c%12cc%10%11)cc%10ccccc%10c89)cc67)c5cc34)cccc2c1. The van der Waals surface area contributed by atoms with Crippen molar-refractivity contribution >= 4 is 183 Å². The summed E-state index contributed by atoms with van der Waals surface area (Å²) >= 11 is 1.91. The highest BCUT2D eigenvalue weighted by Crippen LogP contribution is 2.54. The summed E-state index contributed by atoms with van der Waals surface area (Å²) in [7, 11) is 0. The van der Waals surface area contributed by atoms with Crippen LogP contribution in [0.2, 0.25) is 0 Å². The van der Waals surface area contributed by atoms with Gasteiger partial charge in [-0.2, -0.15) is 0 Å². The average Bonchev–Trinajstić information content (AvgIpc) is 1.65. The highest BCUT2D eigenvalue weighted by molar-refractivity contribution is 7.26. The van der Waals surface area contributed by atoms with Gasteiger partial charge < -0.3 is 8.83 Å². The fraction of sp³-hybridized carbons (Fsp3) is 0. The molecule has 3 heteroatoms. The molecule has 0 atom stereocenters. The van der Waals surface area contributed by atoms with Crippen molar-refractivity contribution in [2.75, 3.05) is 0 Å². The average molecular weight is 1400 g/mol. The molecule has 0 spiro atoms. The Kier molecular flexibility index (Phi) is 12.9. The van der Waals surface area contributed by atoms with Crippen molar-refractivity contribution in [3.05, 3.63) is 364 Å². The van der Waals surface area contributed by atoms with E-state index in [1.807, 2.05) is 11.3 Å². The van der Waals surface area contributed by atoms with Crippen molar-refractivity contribution in [3.63, 3.8) is 0 Å². The summed E-state index contributed by atoms with van der Waals surface area (Å²) in [6.07, 6.45) is 0. The second-order valence-corrected chi connectivity index (χ2v) is 30.5. The standard InChI is InChI=1S/C106H60O2S/c1-6-30-69-61(22-1)27-15-37-74(69)76-39-18-46-83-89(76)59-90-77(40-19-47-84(90)100(83)95-57-68-26-5-10-34-73(68)103-87-36-12-14-49-98(87)109-106(95)103)75-38-16-29-63-50-51-64(54-88(63)75)65-52-53-86-97(58-65)108-105-94(56-67-25-4-9-33-72(67)102(86)105)79-42-21-45-82-92(79)60-91-78(41-20-44-81(91)99(82)80-43-17-28-62-23-2-7-31-70(62)80)93-55-66-24-3-8-32-71(66)101-85-35-11-13-48-96(85)107-104(93)101/h1-60H. The second kappa shape index (κ2) is 23.3. The van der Waals surface area contributed by atoms with E-state index in [4.69, 9.17) is 8.83 Å². The minimum absolute atomic E-state index is 0.839. The quantitative estimate of drug-likeness (QED) is 0.149. The fourth-order valence-electron chi connectivity index (χ4n) is 19.0. The molecule has 0 amide bonds. The van der Waals surface area contributed by atoms with Crippen LogP contribution in [-0.4, -0.2) is 0 Å². The predicted molar refractivity (Wildman–Crippen MR) is 467 cm³/mol. The summed E-state index contributed by atoms with van der Waals surface area (Å²) in [6, 6.07) is 136. The first-order valence-electron chi connectivity index (χ1n) is 37.6. The minimum Gasteiger partial charge on any atom is -0.455 e. The zero-order valence-electron chi connectivity index (χ0n) is 58.9. The Bertz CT molecular complexity index is 8110. The van der Waals surface area contributed by atoms with Crippen molar-refractivity contribution in [3.8, 4) is 77.9 Å². The third kappa shape index (κ3) is 8.91. The van der Waals surface area contributed by atoms with Gasteiger partial charge in [0, 0.05) is 58.4 Å². The number of rotatable bonds is 7. The van der Waals surface area contributed by atoms with Gasteiger partial charge >= 0.3 is 0 Å². The van der Waals surface area contributed by atoms with Crippen LogP contribution < -0.4 is 0 Å². The molecule has 0 aliphatic heterocycles. The Balaban J connectivity index is 0.713. The van der Waals surface area contributed by atoms with E-state index in [-0.39, 0.29) is 0 Å². The van der Waals surface area contributed by atoms with E-state index < -0.39 is 0 Å². The van der Waals surface area contributed by atoms with E-state index in [1.54, 1.807) is 0 Å². The van der Waals surface area contributed by atoms with Gasteiger partial charge in [-0.25, -0.2) is 0 Å². The largest absolute Gasteiger partial charge is 0.455 e. The highest BCUT2D eigenvalue weighted by atomic mass is 32.1. The number of hydrogen-bond donors (Lipinski definition) is 0. The lowest BCUT2D eigenvalue weighted by atomic mass is 9.84. The molecule has 3 aromatic heterocycles. The summed E-state index contributed by atoms with van der Waals surface area (Å²) in [5, 5.41) is 31.0. The lowest BCUT2D eigenvalue weighted by Crippen LogP contribution is -1.92. The number of fused-ring (bicyclic) bond motifs is 22. The molecule has 0 saturated carbocycles. The molecule has 3 heterocycles. The molecule has 0 N–H and O–H groups in total. The fourth-order valence-corrected chi connectivity index (χ4v) is 20.2.